The molecule has 4 heteroatoms. The van der Waals surface area contributed by atoms with E-state index in [1.54, 1.807) is 0 Å². The molecule has 2 fully saturated rings. The van der Waals surface area contributed by atoms with Crippen molar-refractivity contribution in [3.05, 3.63) is 0 Å². The molecule has 0 aromatic rings. The number of nitrogens with one attached hydrogen (secondary N) is 1. The number of carbonyl (C=O) groups is 1. The van der Waals surface area contributed by atoms with E-state index in [2.05, 4.69) is 18.5 Å². The van der Waals surface area contributed by atoms with Crippen molar-refractivity contribution in [2.45, 2.75) is 56.7 Å². The topological polar surface area (TPSA) is 32.3 Å². The Morgan fingerprint density at radius 1 is 1.22 bits per heavy atom. The Kier molecular flexibility index (Phi) is 5.22. The maximum absolute atomic E-state index is 12.2. The molecule has 2 rings (SSSR count). The second kappa shape index (κ2) is 6.69. The Balaban J connectivity index is 1.74. The van der Waals surface area contributed by atoms with Gasteiger partial charge in [0.1, 0.15) is 0 Å². The summed E-state index contributed by atoms with van der Waals surface area (Å²) in [4.78, 5) is 14.2. The van der Waals surface area contributed by atoms with E-state index in [0.29, 0.717) is 12.0 Å². The molecule has 1 saturated carbocycles. The number of hydrogen-bond donors (Lipinski definition) is 1. The SMILES string of the molecule is CSC1CCC(NC(=O)N2CCCC(C)C2)CC1. The van der Waals surface area contributed by atoms with Gasteiger partial charge >= 0.3 is 6.03 Å². The molecule has 1 heterocycles. The van der Waals surface area contributed by atoms with Crippen LogP contribution in [-0.2, 0) is 0 Å². The highest BCUT2D eigenvalue weighted by atomic mass is 32.2. The highest BCUT2D eigenvalue weighted by Crippen LogP contribution is 2.27. The second-order valence-electron chi connectivity index (χ2n) is 5.85. The molecule has 0 bridgehead atoms. The van der Waals surface area contributed by atoms with E-state index in [0.717, 1.165) is 37.6 Å². The Bertz CT molecular complexity index is 277. The number of amides is 2. The zero-order valence-electron chi connectivity index (χ0n) is 11.7. The van der Waals surface area contributed by atoms with Gasteiger partial charge in [-0.1, -0.05) is 6.92 Å². The molecule has 0 radical (unpaired) electrons. The second-order valence-corrected chi connectivity index (χ2v) is 6.99. The molecular formula is C14H26N2OS. The van der Waals surface area contributed by atoms with Gasteiger partial charge in [-0.25, -0.2) is 4.79 Å². The fraction of sp³-hybridized carbons (Fsp3) is 0.929. The van der Waals surface area contributed by atoms with E-state index in [1.807, 2.05) is 16.7 Å². The molecule has 2 amide bonds. The molecule has 0 spiro atoms. The van der Waals surface area contributed by atoms with Gasteiger partial charge in [-0.2, -0.15) is 11.8 Å². The normalized spacial score (nSPS) is 33.2. The monoisotopic (exact) mass is 270 g/mol. The molecule has 1 aliphatic carbocycles. The lowest BCUT2D eigenvalue weighted by molar-refractivity contribution is 0.164. The largest absolute Gasteiger partial charge is 0.335 e. The number of thioether (sulfide) groups is 1. The molecule has 18 heavy (non-hydrogen) atoms. The number of hydrogen-bond acceptors (Lipinski definition) is 2. The number of rotatable bonds is 2. The average molecular weight is 270 g/mol. The van der Waals surface area contributed by atoms with Crippen molar-refractivity contribution < 1.29 is 4.79 Å². The number of carbonyl (C=O) groups excluding carboxylic acids is 1. The first kappa shape index (κ1) is 14.0. The summed E-state index contributed by atoms with van der Waals surface area (Å²) in [6.45, 7) is 4.12. The maximum Gasteiger partial charge on any atom is 0.317 e. The molecule has 1 unspecified atom stereocenters. The Hall–Kier alpha value is -0.380. The van der Waals surface area contributed by atoms with Gasteiger partial charge in [0.05, 0.1) is 0 Å². The van der Waals surface area contributed by atoms with Crippen LogP contribution in [0.15, 0.2) is 0 Å². The first-order chi connectivity index (χ1) is 8.69. The van der Waals surface area contributed by atoms with Gasteiger partial charge in [-0.15, -0.1) is 0 Å². The Labute approximate surface area is 115 Å². The van der Waals surface area contributed by atoms with Crippen molar-refractivity contribution >= 4 is 17.8 Å². The number of piperidine rings is 1. The average Bonchev–Trinajstić information content (AvgIpc) is 2.39. The van der Waals surface area contributed by atoms with E-state index in [4.69, 9.17) is 0 Å². The van der Waals surface area contributed by atoms with Gasteiger partial charge in [0.15, 0.2) is 0 Å². The van der Waals surface area contributed by atoms with Crippen molar-refractivity contribution in [2.75, 3.05) is 19.3 Å². The van der Waals surface area contributed by atoms with Crippen LogP contribution < -0.4 is 5.32 Å². The van der Waals surface area contributed by atoms with Crippen LogP contribution in [0.5, 0.6) is 0 Å². The predicted octanol–water partition coefficient (Wildman–Crippen LogP) is 3.10. The Morgan fingerprint density at radius 3 is 2.56 bits per heavy atom. The molecule has 1 atom stereocenters. The van der Waals surface area contributed by atoms with Crippen LogP contribution in [0.4, 0.5) is 4.79 Å². The van der Waals surface area contributed by atoms with Gasteiger partial charge in [0, 0.05) is 24.4 Å². The van der Waals surface area contributed by atoms with Crippen molar-refractivity contribution in [2.24, 2.45) is 5.92 Å². The van der Waals surface area contributed by atoms with Gasteiger partial charge in [0.25, 0.3) is 0 Å². The van der Waals surface area contributed by atoms with Crippen LogP contribution in [0.1, 0.15) is 45.4 Å². The molecule has 1 aliphatic heterocycles. The first-order valence-electron chi connectivity index (χ1n) is 7.27. The first-order valence-corrected chi connectivity index (χ1v) is 8.56. The lowest BCUT2D eigenvalue weighted by atomic mass is 9.95. The molecule has 0 aromatic carbocycles. The van der Waals surface area contributed by atoms with E-state index in [1.165, 1.54) is 19.3 Å². The standard InChI is InChI=1S/C14H26N2OS/c1-11-4-3-9-16(10-11)14(17)15-12-5-7-13(18-2)8-6-12/h11-13H,3-10H2,1-2H3,(H,15,17). The van der Waals surface area contributed by atoms with Crippen LogP contribution in [-0.4, -0.2) is 41.6 Å². The van der Waals surface area contributed by atoms with E-state index in [-0.39, 0.29) is 6.03 Å². The van der Waals surface area contributed by atoms with Crippen molar-refractivity contribution in [1.29, 1.82) is 0 Å². The predicted molar refractivity (Wildman–Crippen MR) is 78.1 cm³/mol. The summed E-state index contributed by atoms with van der Waals surface area (Å²) in [5.41, 5.74) is 0. The summed E-state index contributed by atoms with van der Waals surface area (Å²) in [5.74, 6) is 0.664. The molecular weight excluding hydrogens is 244 g/mol. The third-order valence-electron chi connectivity index (χ3n) is 4.28. The van der Waals surface area contributed by atoms with E-state index in [9.17, 15) is 4.79 Å². The van der Waals surface area contributed by atoms with E-state index < -0.39 is 0 Å². The number of urea groups is 1. The summed E-state index contributed by atoms with van der Waals surface area (Å²) in [6, 6.07) is 0.590. The summed E-state index contributed by atoms with van der Waals surface area (Å²) >= 11 is 1.97. The lowest BCUT2D eigenvalue weighted by Gasteiger charge is -2.34. The van der Waals surface area contributed by atoms with Crippen LogP contribution >= 0.6 is 11.8 Å². The summed E-state index contributed by atoms with van der Waals surface area (Å²) in [7, 11) is 0. The van der Waals surface area contributed by atoms with Crippen molar-refractivity contribution in [1.82, 2.24) is 10.2 Å². The lowest BCUT2D eigenvalue weighted by Crippen LogP contribution is -2.49. The number of nitrogens with zero attached hydrogens (tertiary/aromatic N) is 1. The molecule has 3 nitrogen and oxygen atoms in total. The minimum absolute atomic E-state index is 0.175. The molecule has 1 N–H and O–H groups in total. The summed E-state index contributed by atoms with van der Waals surface area (Å²) < 4.78 is 0. The van der Waals surface area contributed by atoms with Crippen LogP contribution in [0.2, 0.25) is 0 Å². The highest BCUT2D eigenvalue weighted by Gasteiger charge is 2.25. The van der Waals surface area contributed by atoms with Gasteiger partial charge in [-0.3, -0.25) is 0 Å². The highest BCUT2D eigenvalue weighted by molar-refractivity contribution is 7.99. The smallest absolute Gasteiger partial charge is 0.317 e. The van der Waals surface area contributed by atoms with Crippen LogP contribution in [0, 0.1) is 5.92 Å². The van der Waals surface area contributed by atoms with Gasteiger partial charge < -0.3 is 10.2 Å². The summed E-state index contributed by atoms with van der Waals surface area (Å²) in [5, 5.41) is 4.04. The zero-order valence-corrected chi connectivity index (χ0v) is 12.5. The quantitative estimate of drug-likeness (QED) is 0.836. The van der Waals surface area contributed by atoms with Crippen molar-refractivity contribution in [3.8, 4) is 0 Å². The minimum atomic E-state index is 0.175. The third-order valence-corrected chi connectivity index (χ3v) is 5.42. The maximum atomic E-state index is 12.2. The van der Waals surface area contributed by atoms with Crippen LogP contribution in [0.25, 0.3) is 0 Å². The van der Waals surface area contributed by atoms with Crippen molar-refractivity contribution in [3.63, 3.8) is 0 Å². The molecule has 1 saturated heterocycles. The minimum Gasteiger partial charge on any atom is -0.335 e. The fourth-order valence-electron chi connectivity index (χ4n) is 3.08. The van der Waals surface area contributed by atoms with Gasteiger partial charge in [0.2, 0.25) is 0 Å². The van der Waals surface area contributed by atoms with E-state index >= 15 is 0 Å². The fourth-order valence-corrected chi connectivity index (χ4v) is 3.83. The third kappa shape index (κ3) is 3.81. The molecule has 2 aliphatic rings. The molecule has 0 aromatic heterocycles. The summed E-state index contributed by atoms with van der Waals surface area (Å²) in [6.07, 6.45) is 9.43. The Morgan fingerprint density at radius 2 is 1.94 bits per heavy atom. The molecule has 104 valence electrons. The van der Waals surface area contributed by atoms with Gasteiger partial charge in [-0.05, 0) is 50.7 Å². The number of likely N-dealkylation sites (tertiary alicyclic amines) is 1. The van der Waals surface area contributed by atoms with Crippen LogP contribution in [0.3, 0.4) is 0 Å². The zero-order chi connectivity index (χ0) is 13.0.